The Balaban J connectivity index is 3.28. The van der Waals surface area contributed by atoms with E-state index in [2.05, 4.69) is 11.7 Å². The molecule has 0 aromatic carbocycles. The van der Waals surface area contributed by atoms with Crippen LogP contribution >= 0.6 is 0 Å². The van der Waals surface area contributed by atoms with E-state index in [0.717, 1.165) is 0 Å². The third-order valence-electron chi connectivity index (χ3n) is 0.641. The molecule has 9 heavy (non-hydrogen) atoms. The topological polar surface area (TPSA) is 43.4 Å². The van der Waals surface area contributed by atoms with Gasteiger partial charge in [-0.15, -0.1) is 0 Å². The van der Waals surface area contributed by atoms with Crippen molar-refractivity contribution in [1.82, 2.24) is 0 Å². The van der Waals surface area contributed by atoms with Gasteiger partial charge in [-0.1, -0.05) is 0 Å². The van der Waals surface area contributed by atoms with E-state index in [0.29, 0.717) is 0 Å². The first-order valence-corrected chi connectivity index (χ1v) is 2.61. The maximum atomic E-state index is 10.3. The van der Waals surface area contributed by atoms with Crippen molar-refractivity contribution in [3.63, 3.8) is 0 Å². The Morgan fingerprint density at radius 2 is 2.11 bits per heavy atom. The van der Waals surface area contributed by atoms with Crippen LogP contribution < -0.4 is 0 Å². The molecule has 0 unspecified atom stereocenters. The zero-order chi connectivity index (χ0) is 7.28. The summed E-state index contributed by atoms with van der Waals surface area (Å²) in [4.78, 5) is 20.4. The first-order valence-electron chi connectivity index (χ1n) is 2.61. The van der Waals surface area contributed by atoms with Crippen LogP contribution in [0.2, 0.25) is 0 Å². The molecule has 0 saturated carbocycles. The summed E-state index contributed by atoms with van der Waals surface area (Å²) in [6.07, 6.45) is 0.0767. The number of carbonyl (C=O) groups excluding carboxylic acids is 2. The predicted octanol–water partition coefficient (Wildman–Crippen LogP) is 0.343. The van der Waals surface area contributed by atoms with Crippen molar-refractivity contribution in [2.45, 2.75) is 13.3 Å². The summed E-state index contributed by atoms with van der Waals surface area (Å²) in [5, 5.41) is 0. The fourth-order valence-electron chi connectivity index (χ4n) is 0.254. The van der Waals surface area contributed by atoms with E-state index in [1.54, 1.807) is 0 Å². The lowest BCUT2D eigenvalue weighted by Gasteiger charge is -1.96. The van der Waals surface area contributed by atoms with E-state index in [9.17, 15) is 9.59 Å². The summed E-state index contributed by atoms with van der Waals surface area (Å²) >= 11 is 0. The molecule has 0 aliphatic rings. The van der Waals surface area contributed by atoms with Gasteiger partial charge < -0.3 is 4.74 Å². The average Bonchev–Trinajstić information content (AvgIpc) is 1.83. The van der Waals surface area contributed by atoms with E-state index in [1.807, 2.05) is 0 Å². The highest BCUT2D eigenvalue weighted by Gasteiger charge is 1.98. The number of ketones is 1. The zero-order valence-electron chi connectivity index (χ0n) is 5.35. The molecule has 1 radical (unpaired) electrons. The lowest BCUT2D eigenvalue weighted by molar-refractivity contribution is -0.146. The number of esters is 1. The Morgan fingerprint density at radius 3 is 2.44 bits per heavy atom. The van der Waals surface area contributed by atoms with E-state index in [-0.39, 0.29) is 18.8 Å². The van der Waals surface area contributed by atoms with Gasteiger partial charge in [0.25, 0.3) is 0 Å². The van der Waals surface area contributed by atoms with E-state index in [1.165, 1.54) is 6.92 Å². The summed E-state index contributed by atoms with van der Waals surface area (Å²) in [5.74, 6) is -0.595. The minimum atomic E-state index is -0.440. The quantitative estimate of drug-likeness (QED) is 0.516. The summed E-state index contributed by atoms with van der Waals surface area (Å²) in [5.41, 5.74) is 0. The second-order valence-corrected chi connectivity index (χ2v) is 1.61. The van der Waals surface area contributed by atoms with Gasteiger partial charge in [0.1, 0.15) is 6.61 Å². The van der Waals surface area contributed by atoms with Crippen LogP contribution in [0.1, 0.15) is 13.3 Å². The molecule has 0 amide bonds. The molecule has 0 N–H and O–H groups in total. The summed E-state index contributed by atoms with van der Waals surface area (Å²) in [7, 11) is 0. The first kappa shape index (κ1) is 8.14. The van der Waals surface area contributed by atoms with Gasteiger partial charge in [-0.25, -0.2) is 0 Å². The predicted molar refractivity (Wildman–Crippen MR) is 31.6 cm³/mol. The molecule has 0 bridgehead atoms. The smallest absolute Gasteiger partial charge is 0.306 e. The van der Waals surface area contributed by atoms with Gasteiger partial charge >= 0.3 is 5.97 Å². The fourth-order valence-corrected chi connectivity index (χ4v) is 0.254. The average molecular weight is 129 g/mol. The lowest BCUT2D eigenvalue weighted by atomic mass is 10.5. The van der Waals surface area contributed by atoms with Crippen LogP contribution in [0.3, 0.4) is 0 Å². The van der Waals surface area contributed by atoms with Crippen molar-refractivity contribution in [3.8, 4) is 0 Å². The van der Waals surface area contributed by atoms with Crippen molar-refractivity contribution in [2.75, 3.05) is 6.61 Å². The molecule has 0 aromatic heterocycles. The van der Waals surface area contributed by atoms with Crippen LogP contribution in [0.15, 0.2) is 0 Å². The molecule has 0 fully saturated rings. The third kappa shape index (κ3) is 5.00. The van der Waals surface area contributed by atoms with E-state index in [4.69, 9.17) is 0 Å². The van der Waals surface area contributed by atoms with Crippen molar-refractivity contribution in [2.24, 2.45) is 0 Å². The Kier molecular flexibility index (Phi) is 3.67. The highest BCUT2D eigenvalue weighted by molar-refractivity contribution is 5.80. The molecular weight excluding hydrogens is 120 g/mol. The van der Waals surface area contributed by atoms with Gasteiger partial charge in [0.15, 0.2) is 5.78 Å². The normalized spacial score (nSPS) is 8.67. The van der Waals surface area contributed by atoms with Gasteiger partial charge in [0, 0.05) is 6.42 Å². The largest absolute Gasteiger partial charge is 0.458 e. The van der Waals surface area contributed by atoms with Crippen LogP contribution in [-0.4, -0.2) is 18.4 Å². The van der Waals surface area contributed by atoms with Crippen molar-refractivity contribution in [3.05, 3.63) is 6.92 Å². The Labute approximate surface area is 54.0 Å². The first-order chi connectivity index (χ1) is 4.16. The van der Waals surface area contributed by atoms with Crippen LogP contribution in [-0.2, 0) is 14.3 Å². The van der Waals surface area contributed by atoms with E-state index < -0.39 is 5.97 Å². The molecule has 0 rings (SSSR count). The van der Waals surface area contributed by atoms with Gasteiger partial charge in [-0.2, -0.15) is 0 Å². The number of Topliss-reactive ketones (excluding diaryl/α,β-unsaturated/α-hetero) is 1. The van der Waals surface area contributed by atoms with Crippen molar-refractivity contribution in [1.29, 1.82) is 0 Å². The molecule has 0 atom stereocenters. The number of hydrogen-bond acceptors (Lipinski definition) is 3. The summed E-state index contributed by atoms with van der Waals surface area (Å²) in [6, 6.07) is 0. The van der Waals surface area contributed by atoms with Gasteiger partial charge in [0.05, 0.1) is 0 Å². The summed E-state index contributed by atoms with van der Waals surface area (Å²) in [6.45, 7) is 4.50. The Hall–Kier alpha value is -0.860. The molecule has 0 saturated heterocycles. The molecule has 0 aliphatic carbocycles. The van der Waals surface area contributed by atoms with Crippen LogP contribution in [0.4, 0.5) is 0 Å². The molecule has 0 heterocycles. The van der Waals surface area contributed by atoms with Gasteiger partial charge in [0.2, 0.25) is 0 Å². The zero-order valence-corrected chi connectivity index (χ0v) is 5.35. The molecule has 0 aromatic rings. The van der Waals surface area contributed by atoms with Crippen LogP contribution in [0.5, 0.6) is 0 Å². The Bertz CT molecular complexity index is 117. The SMILES string of the molecule is [CH2]CC(=O)OCC(C)=O. The third-order valence-corrected chi connectivity index (χ3v) is 0.641. The molecular formula is C6H9O3. The van der Waals surface area contributed by atoms with Crippen molar-refractivity contribution < 1.29 is 14.3 Å². The highest BCUT2D eigenvalue weighted by Crippen LogP contribution is 1.82. The number of hydrogen-bond donors (Lipinski definition) is 0. The maximum absolute atomic E-state index is 10.3. The number of rotatable bonds is 3. The summed E-state index contributed by atoms with van der Waals surface area (Å²) < 4.78 is 4.40. The lowest BCUT2D eigenvalue weighted by Crippen LogP contribution is -2.09. The van der Waals surface area contributed by atoms with Crippen molar-refractivity contribution >= 4 is 11.8 Å². The monoisotopic (exact) mass is 129 g/mol. The van der Waals surface area contributed by atoms with Gasteiger partial charge in [-0.05, 0) is 13.8 Å². The van der Waals surface area contributed by atoms with Gasteiger partial charge in [-0.3, -0.25) is 9.59 Å². The number of carbonyl (C=O) groups is 2. The molecule has 3 heteroatoms. The minimum Gasteiger partial charge on any atom is -0.458 e. The second kappa shape index (κ2) is 4.06. The van der Waals surface area contributed by atoms with E-state index >= 15 is 0 Å². The molecule has 51 valence electrons. The van der Waals surface area contributed by atoms with Crippen LogP contribution in [0, 0.1) is 6.92 Å². The maximum Gasteiger partial charge on any atom is 0.306 e. The molecule has 0 aliphatic heterocycles. The molecule has 0 spiro atoms. The second-order valence-electron chi connectivity index (χ2n) is 1.61. The molecule has 3 nitrogen and oxygen atoms in total. The number of ether oxygens (including phenoxy) is 1. The van der Waals surface area contributed by atoms with Crippen LogP contribution in [0.25, 0.3) is 0 Å². The minimum absolute atomic E-state index is 0.0767. The fraction of sp³-hybridized carbons (Fsp3) is 0.500. The Morgan fingerprint density at radius 1 is 1.56 bits per heavy atom. The standard InChI is InChI=1S/C6H9O3/c1-3-6(8)9-4-5(2)7/h1,3-4H2,2H3. The highest BCUT2D eigenvalue weighted by atomic mass is 16.5.